The van der Waals surface area contributed by atoms with Gasteiger partial charge in [-0.25, -0.2) is 12.7 Å². The molecule has 1 heterocycles. The van der Waals surface area contributed by atoms with Gasteiger partial charge in [0, 0.05) is 26.2 Å². The predicted molar refractivity (Wildman–Crippen MR) is 119 cm³/mol. The molecule has 1 saturated heterocycles. The summed E-state index contributed by atoms with van der Waals surface area (Å²) in [6.45, 7) is 4.84. The van der Waals surface area contributed by atoms with Crippen LogP contribution in [0.5, 0.6) is 0 Å². The monoisotopic (exact) mass is 429 g/mol. The molecule has 1 N–H and O–H groups in total. The molecule has 0 saturated carbocycles. The predicted octanol–water partition coefficient (Wildman–Crippen LogP) is 3.14. The number of piperidine rings is 1. The fourth-order valence-corrected chi connectivity index (χ4v) is 4.66. The van der Waals surface area contributed by atoms with Crippen LogP contribution in [0.3, 0.4) is 0 Å². The van der Waals surface area contributed by atoms with Crippen molar-refractivity contribution in [2.75, 3.05) is 33.7 Å². The van der Waals surface area contributed by atoms with Crippen molar-refractivity contribution < 1.29 is 13.2 Å². The summed E-state index contributed by atoms with van der Waals surface area (Å²) in [5.74, 6) is 0.541. The Labute approximate surface area is 179 Å². The number of hydrogen-bond donors (Lipinski definition) is 1. The fourth-order valence-electron chi connectivity index (χ4n) is 3.75. The van der Waals surface area contributed by atoms with Crippen LogP contribution in [-0.4, -0.2) is 57.3 Å². The quantitative estimate of drug-likeness (QED) is 0.734. The summed E-state index contributed by atoms with van der Waals surface area (Å²) < 4.78 is 25.6. The van der Waals surface area contributed by atoms with Crippen LogP contribution in [-0.2, 0) is 10.0 Å². The van der Waals surface area contributed by atoms with Crippen molar-refractivity contribution in [1.29, 1.82) is 0 Å². The van der Waals surface area contributed by atoms with E-state index in [1.54, 1.807) is 12.1 Å². The van der Waals surface area contributed by atoms with Gasteiger partial charge in [0.1, 0.15) is 0 Å². The number of rotatable bonds is 7. The molecule has 3 rings (SSSR count). The molecule has 7 heteroatoms. The van der Waals surface area contributed by atoms with Gasteiger partial charge in [-0.2, -0.15) is 0 Å². The minimum atomic E-state index is -3.51. The lowest BCUT2D eigenvalue weighted by Crippen LogP contribution is -2.42. The third kappa shape index (κ3) is 5.28. The van der Waals surface area contributed by atoms with Crippen molar-refractivity contribution in [2.45, 2.75) is 30.7 Å². The van der Waals surface area contributed by atoms with E-state index in [9.17, 15) is 13.2 Å². The van der Waals surface area contributed by atoms with Crippen molar-refractivity contribution in [1.82, 2.24) is 14.5 Å². The molecule has 1 amide bonds. The lowest BCUT2D eigenvalue weighted by atomic mass is 9.95. The van der Waals surface area contributed by atoms with E-state index in [0.717, 1.165) is 23.3 Å². The molecule has 1 fully saturated rings. The average molecular weight is 430 g/mol. The molecule has 0 aromatic heterocycles. The number of hydrogen-bond acceptors (Lipinski definition) is 4. The molecule has 162 valence electrons. The minimum Gasteiger partial charge on any atom is -0.350 e. The maximum atomic E-state index is 12.7. The summed E-state index contributed by atoms with van der Waals surface area (Å²) in [4.78, 5) is 15.3. The van der Waals surface area contributed by atoms with Crippen LogP contribution in [0.1, 0.15) is 41.7 Å². The van der Waals surface area contributed by atoms with Crippen molar-refractivity contribution >= 4 is 15.9 Å². The number of nitrogens with one attached hydrogen (secondary N) is 1. The highest BCUT2D eigenvalue weighted by molar-refractivity contribution is 7.89. The van der Waals surface area contributed by atoms with Crippen molar-refractivity contribution in [3.05, 3.63) is 65.7 Å². The Morgan fingerprint density at radius 2 is 1.67 bits per heavy atom. The highest BCUT2D eigenvalue weighted by Gasteiger charge is 2.25. The van der Waals surface area contributed by atoms with E-state index >= 15 is 0 Å². The van der Waals surface area contributed by atoms with Gasteiger partial charge in [-0.15, -0.1) is 0 Å². The van der Waals surface area contributed by atoms with Crippen molar-refractivity contribution in [3.8, 4) is 0 Å². The number of sulfonamides is 1. The molecular formula is C23H31N3O3S. The minimum absolute atomic E-state index is 0.121. The van der Waals surface area contributed by atoms with E-state index in [1.807, 2.05) is 18.2 Å². The van der Waals surface area contributed by atoms with Gasteiger partial charge in [-0.1, -0.05) is 37.3 Å². The van der Waals surface area contributed by atoms with Crippen LogP contribution in [0, 0.1) is 5.92 Å². The third-order valence-electron chi connectivity index (χ3n) is 5.79. The van der Waals surface area contributed by atoms with Crippen LogP contribution >= 0.6 is 0 Å². The molecule has 0 aliphatic carbocycles. The summed E-state index contributed by atoms with van der Waals surface area (Å²) in [5, 5.41) is 3.05. The smallest absolute Gasteiger partial charge is 0.251 e. The van der Waals surface area contributed by atoms with Gasteiger partial charge in [0.25, 0.3) is 5.91 Å². The van der Waals surface area contributed by atoms with Gasteiger partial charge in [0.15, 0.2) is 0 Å². The molecule has 30 heavy (non-hydrogen) atoms. The molecule has 1 aliphatic heterocycles. The van der Waals surface area contributed by atoms with Gasteiger partial charge in [0.05, 0.1) is 10.9 Å². The van der Waals surface area contributed by atoms with Crippen LogP contribution in [0.15, 0.2) is 59.5 Å². The number of nitrogens with zero attached hydrogens (tertiary/aromatic N) is 2. The van der Waals surface area contributed by atoms with Gasteiger partial charge in [0.2, 0.25) is 10.0 Å². The zero-order chi connectivity index (χ0) is 21.7. The molecule has 1 aliphatic rings. The molecule has 0 radical (unpaired) electrons. The molecule has 0 bridgehead atoms. The summed E-state index contributed by atoms with van der Waals surface area (Å²) in [6, 6.07) is 16.5. The molecule has 1 unspecified atom stereocenters. The van der Waals surface area contributed by atoms with Gasteiger partial charge in [-0.05, 0) is 61.7 Å². The summed E-state index contributed by atoms with van der Waals surface area (Å²) >= 11 is 0. The summed E-state index contributed by atoms with van der Waals surface area (Å²) in [6.07, 6.45) is 2.33. The van der Waals surface area contributed by atoms with E-state index in [-0.39, 0.29) is 16.8 Å². The SMILES string of the molecule is CC1CCN(C(CNC(=O)c2ccc(S(=O)(=O)N(C)C)cc2)c2ccccc2)CC1. The number of benzene rings is 2. The van der Waals surface area contributed by atoms with Crippen molar-refractivity contribution in [2.24, 2.45) is 5.92 Å². The molecule has 2 aromatic rings. The Morgan fingerprint density at radius 1 is 1.07 bits per heavy atom. The topological polar surface area (TPSA) is 69.7 Å². The average Bonchev–Trinajstić information content (AvgIpc) is 2.75. The number of carbonyl (C=O) groups excluding carboxylic acids is 1. The molecule has 0 spiro atoms. The lowest BCUT2D eigenvalue weighted by Gasteiger charge is -2.37. The second kappa shape index (κ2) is 9.73. The Bertz CT molecular complexity index is 935. The fraction of sp³-hybridized carbons (Fsp3) is 0.435. The Morgan fingerprint density at radius 3 is 2.23 bits per heavy atom. The van der Waals surface area contributed by atoms with E-state index < -0.39 is 10.0 Å². The molecule has 6 nitrogen and oxygen atoms in total. The number of carbonyl (C=O) groups is 1. The number of amides is 1. The highest BCUT2D eigenvalue weighted by atomic mass is 32.2. The van der Waals surface area contributed by atoms with E-state index in [1.165, 1.54) is 44.6 Å². The Balaban J connectivity index is 1.70. The second-order valence-corrected chi connectivity index (χ2v) is 10.3. The number of likely N-dealkylation sites (tertiary alicyclic amines) is 1. The van der Waals surface area contributed by atoms with Crippen LogP contribution in [0.25, 0.3) is 0 Å². The molecular weight excluding hydrogens is 398 g/mol. The van der Waals surface area contributed by atoms with Gasteiger partial charge in [-0.3, -0.25) is 9.69 Å². The third-order valence-corrected chi connectivity index (χ3v) is 7.62. The summed E-state index contributed by atoms with van der Waals surface area (Å²) in [7, 11) is -0.531. The van der Waals surface area contributed by atoms with E-state index in [4.69, 9.17) is 0 Å². The van der Waals surface area contributed by atoms with Crippen LogP contribution < -0.4 is 5.32 Å². The normalized spacial score (nSPS) is 17.1. The first kappa shape index (κ1) is 22.5. The van der Waals surface area contributed by atoms with Crippen molar-refractivity contribution in [3.63, 3.8) is 0 Å². The van der Waals surface area contributed by atoms with Gasteiger partial charge < -0.3 is 5.32 Å². The first-order valence-corrected chi connectivity index (χ1v) is 11.8. The standard InChI is InChI=1S/C23H31N3O3S/c1-18-13-15-26(16-14-18)22(19-7-5-4-6-8-19)17-24-23(27)20-9-11-21(12-10-20)30(28,29)25(2)3/h4-12,18,22H,13-17H2,1-3H3,(H,24,27). The Hall–Kier alpha value is -2.22. The lowest BCUT2D eigenvalue weighted by molar-refractivity contribution is 0.0913. The first-order valence-electron chi connectivity index (χ1n) is 10.4. The summed E-state index contributed by atoms with van der Waals surface area (Å²) in [5.41, 5.74) is 1.64. The molecule has 1 atom stereocenters. The van der Waals surface area contributed by atoms with E-state index in [2.05, 4.69) is 29.3 Å². The Kier molecular flexibility index (Phi) is 7.28. The van der Waals surface area contributed by atoms with Gasteiger partial charge >= 0.3 is 0 Å². The van der Waals surface area contributed by atoms with E-state index in [0.29, 0.717) is 12.1 Å². The van der Waals surface area contributed by atoms with Crippen LogP contribution in [0.4, 0.5) is 0 Å². The zero-order valence-corrected chi connectivity index (χ0v) is 18.7. The zero-order valence-electron chi connectivity index (χ0n) is 17.9. The second-order valence-electron chi connectivity index (χ2n) is 8.17. The molecule has 2 aromatic carbocycles. The maximum Gasteiger partial charge on any atom is 0.251 e. The van der Waals surface area contributed by atoms with Crippen LogP contribution in [0.2, 0.25) is 0 Å². The largest absolute Gasteiger partial charge is 0.350 e. The first-order chi connectivity index (χ1) is 14.3. The maximum absolute atomic E-state index is 12.7. The highest BCUT2D eigenvalue weighted by Crippen LogP contribution is 2.26.